The zero-order valence-corrected chi connectivity index (χ0v) is 16.0. The van der Waals surface area contributed by atoms with Gasteiger partial charge in [-0.1, -0.05) is 30.3 Å². The molecule has 1 atom stereocenters. The molecule has 0 aromatic heterocycles. The molecule has 0 aliphatic heterocycles. The number of hydrogen-bond acceptors (Lipinski definition) is 4. The predicted molar refractivity (Wildman–Crippen MR) is 100 cm³/mol. The zero-order chi connectivity index (χ0) is 20.7. The van der Waals surface area contributed by atoms with Crippen LogP contribution >= 0.6 is 0 Å². The van der Waals surface area contributed by atoms with Crippen LogP contribution in [0.3, 0.4) is 0 Å². The number of amides is 1. The first-order chi connectivity index (χ1) is 13.1. The molecular formula is C21H23F2NO4. The second-order valence-electron chi connectivity index (χ2n) is 7.24. The maximum absolute atomic E-state index is 13.3. The van der Waals surface area contributed by atoms with E-state index in [1.807, 2.05) is 6.07 Å². The molecule has 0 saturated heterocycles. The molecule has 0 aliphatic rings. The van der Waals surface area contributed by atoms with Crippen LogP contribution < -0.4 is 10.1 Å². The van der Waals surface area contributed by atoms with E-state index in [-0.39, 0.29) is 24.6 Å². The number of carbonyl (C=O) groups is 2. The van der Waals surface area contributed by atoms with Gasteiger partial charge >= 0.3 is 6.09 Å². The Bertz CT molecular complexity index is 799. The van der Waals surface area contributed by atoms with Crippen LogP contribution in [0.4, 0.5) is 13.6 Å². The molecule has 150 valence electrons. The lowest BCUT2D eigenvalue weighted by atomic mass is 10.0. The van der Waals surface area contributed by atoms with E-state index in [4.69, 9.17) is 9.47 Å². The van der Waals surface area contributed by atoms with Crippen LogP contribution in [0.15, 0.2) is 48.5 Å². The molecule has 2 rings (SSSR count). The standard InChI is InChI=1S/C21H23F2NO4/c1-21(2,3)28-20(26)24-18(19(25)9-14-7-5-4-6-8-14)13-27-17-11-15(22)10-16(23)12-17/h4-8,10-12,18H,9,13H2,1-3H3,(H,24,26). The maximum atomic E-state index is 13.3. The minimum atomic E-state index is -1.05. The second-order valence-corrected chi connectivity index (χ2v) is 7.24. The van der Waals surface area contributed by atoms with Crippen molar-refractivity contribution in [3.05, 3.63) is 65.7 Å². The summed E-state index contributed by atoms with van der Waals surface area (Å²) in [7, 11) is 0. The summed E-state index contributed by atoms with van der Waals surface area (Å²) in [5.74, 6) is -2.01. The first kappa shape index (κ1) is 21.3. The van der Waals surface area contributed by atoms with Crippen LogP contribution in [0, 0.1) is 11.6 Å². The summed E-state index contributed by atoms with van der Waals surface area (Å²) in [5, 5.41) is 2.47. The average molecular weight is 391 g/mol. The Balaban J connectivity index is 2.10. The molecule has 0 spiro atoms. The summed E-state index contributed by atoms with van der Waals surface area (Å²) in [6, 6.07) is 10.6. The van der Waals surface area contributed by atoms with Gasteiger partial charge in [0.25, 0.3) is 0 Å². The number of halogens is 2. The quantitative estimate of drug-likeness (QED) is 0.773. The second kappa shape index (κ2) is 9.30. The summed E-state index contributed by atoms with van der Waals surface area (Å²) in [6.45, 7) is 4.78. The lowest BCUT2D eigenvalue weighted by molar-refractivity contribution is -0.121. The van der Waals surface area contributed by atoms with Crippen molar-refractivity contribution >= 4 is 11.9 Å². The normalized spacial score (nSPS) is 12.2. The summed E-state index contributed by atoms with van der Waals surface area (Å²) in [6.07, 6.45) is -0.727. The predicted octanol–water partition coefficient (Wildman–Crippen LogP) is 4.05. The van der Waals surface area contributed by atoms with Crippen molar-refractivity contribution in [2.24, 2.45) is 0 Å². The summed E-state index contributed by atoms with van der Waals surface area (Å²) < 4.78 is 37.2. The summed E-state index contributed by atoms with van der Waals surface area (Å²) in [4.78, 5) is 24.8. The molecule has 2 aromatic carbocycles. The molecule has 28 heavy (non-hydrogen) atoms. The highest BCUT2D eigenvalue weighted by molar-refractivity contribution is 5.89. The number of ketones is 1. The molecule has 7 heteroatoms. The fraction of sp³-hybridized carbons (Fsp3) is 0.333. The van der Waals surface area contributed by atoms with Gasteiger partial charge in [0.15, 0.2) is 5.78 Å². The number of carbonyl (C=O) groups excluding carboxylic acids is 2. The number of nitrogens with one attached hydrogen (secondary N) is 1. The van der Waals surface area contributed by atoms with Crippen LogP contribution in [0.1, 0.15) is 26.3 Å². The Labute approximate surface area is 162 Å². The lowest BCUT2D eigenvalue weighted by Gasteiger charge is -2.23. The average Bonchev–Trinajstić information content (AvgIpc) is 2.57. The highest BCUT2D eigenvalue weighted by atomic mass is 19.1. The van der Waals surface area contributed by atoms with E-state index in [0.717, 1.165) is 17.7 Å². The van der Waals surface area contributed by atoms with E-state index < -0.39 is 29.4 Å². The fourth-order valence-corrected chi connectivity index (χ4v) is 2.38. The minimum Gasteiger partial charge on any atom is -0.491 e. The molecule has 0 radical (unpaired) electrons. The third-order valence-electron chi connectivity index (χ3n) is 3.55. The molecule has 1 amide bonds. The monoisotopic (exact) mass is 391 g/mol. The Morgan fingerprint density at radius 3 is 2.21 bits per heavy atom. The number of rotatable bonds is 7. The van der Waals surface area contributed by atoms with E-state index >= 15 is 0 Å². The molecule has 2 aromatic rings. The highest BCUT2D eigenvalue weighted by Gasteiger charge is 2.25. The first-order valence-electron chi connectivity index (χ1n) is 8.77. The number of hydrogen-bond donors (Lipinski definition) is 1. The van der Waals surface area contributed by atoms with E-state index in [1.165, 1.54) is 0 Å². The van der Waals surface area contributed by atoms with Crippen molar-refractivity contribution in [1.29, 1.82) is 0 Å². The van der Waals surface area contributed by atoms with Crippen LogP contribution in [0.25, 0.3) is 0 Å². The molecule has 1 unspecified atom stereocenters. The van der Waals surface area contributed by atoms with Gasteiger partial charge in [-0.15, -0.1) is 0 Å². The van der Waals surface area contributed by atoms with Gasteiger partial charge in [-0.25, -0.2) is 13.6 Å². The van der Waals surface area contributed by atoms with Crippen LogP contribution in [0.2, 0.25) is 0 Å². The molecule has 0 heterocycles. The van der Waals surface area contributed by atoms with Gasteiger partial charge in [0, 0.05) is 24.6 Å². The largest absolute Gasteiger partial charge is 0.491 e. The van der Waals surface area contributed by atoms with Crippen molar-refractivity contribution < 1.29 is 27.8 Å². The SMILES string of the molecule is CC(C)(C)OC(=O)NC(COc1cc(F)cc(F)c1)C(=O)Cc1ccccc1. The van der Waals surface area contributed by atoms with Crippen molar-refractivity contribution in [1.82, 2.24) is 5.32 Å². The van der Waals surface area contributed by atoms with Gasteiger partial charge < -0.3 is 14.8 Å². The van der Waals surface area contributed by atoms with Crippen molar-refractivity contribution in [3.63, 3.8) is 0 Å². The zero-order valence-electron chi connectivity index (χ0n) is 16.0. The number of benzene rings is 2. The Morgan fingerprint density at radius 2 is 1.64 bits per heavy atom. The van der Waals surface area contributed by atoms with Crippen LogP contribution in [-0.4, -0.2) is 30.1 Å². The molecular weight excluding hydrogens is 368 g/mol. The molecule has 0 saturated carbocycles. The van der Waals surface area contributed by atoms with E-state index in [1.54, 1.807) is 45.0 Å². The Morgan fingerprint density at radius 1 is 1.04 bits per heavy atom. The molecule has 5 nitrogen and oxygen atoms in total. The molecule has 0 fully saturated rings. The van der Waals surface area contributed by atoms with Gasteiger partial charge in [0.05, 0.1) is 0 Å². The van der Waals surface area contributed by atoms with Crippen LogP contribution in [-0.2, 0) is 16.0 Å². The third-order valence-corrected chi connectivity index (χ3v) is 3.55. The maximum Gasteiger partial charge on any atom is 0.408 e. The summed E-state index contributed by atoms with van der Waals surface area (Å²) >= 11 is 0. The van der Waals surface area contributed by atoms with Gasteiger partial charge in [-0.2, -0.15) is 0 Å². The topological polar surface area (TPSA) is 64.6 Å². The highest BCUT2D eigenvalue weighted by Crippen LogP contribution is 2.16. The smallest absolute Gasteiger partial charge is 0.408 e. The van der Waals surface area contributed by atoms with Gasteiger partial charge in [-0.3, -0.25) is 4.79 Å². The van der Waals surface area contributed by atoms with Crippen molar-refractivity contribution in [3.8, 4) is 5.75 Å². The number of ether oxygens (including phenoxy) is 2. The number of alkyl carbamates (subject to hydrolysis) is 1. The Hall–Kier alpha value is -2.96. The minimum absolute atomic E-state index is 0.0577. The molecule has 0 aliphatic carbocycles. The lowest BCUT2D eigenvalue weighted by Crippen LogP contribution is -2.47. The molecule has 1 N–H and O–H groups in total. The fourth-order valence-electron chi connectivity index (χ4n) is 2.38. The van der Waals surface area contributed by atoms with E-state index in [0.29, 0.717) is 6.07 Å². The Kier molecular flexibility index (Phi) is 7.09. The third kappa shape index (κ3) is 7.34. The van der Waals surface area contributed by atoms with Crippen molar-refractivity contribution in [2.45, 2.75) is 38.8 Å². The number of Topliss-reactive ketones (excluding diaryl/α,β-unsaturated/α-hetero) is 1. The van der Waals surface area contributed by atoms with Gasteiger partial charge in [0.2, 0.25) is 0 Å². The van der Waals surface area contributed by atoms with E-state index in [2.05, 4.69) is 5.32 Å². The van der Waals surface area contributed by atoms with Crippen molar-refractivity contribution in [2.75, 3.05) is 6.61 Å². The molecule has 0 bridgehead atoms. The summed E-state index contributed by atoms with van der Waals surface area (Å²) in [5.41, 5.74) is 0.0178. The van der Waals surface area contributed by atoms with E-state index in [9.17, 15) is 18.4 Å². The first-order valence-corrected chi connectivity index (χ1v) is 8.77. The van der Waals surface area contributed by atoms with Crippen LogP contribution in [0.5, 0.6) is 5.75 Å². The van der Waals surface area contributed by atoms with Gasteiger partial charge in [-0.05, 0) is 26.3 Å². The van der Waals surface area contributed by atoms with Gasteiger partial charge in [0.1, 0.15) is 35.6 Å².